The summed E-state index contributed by atoms with van der Waals surface area (Å²) in [6, 6.07) is 3.29. The predicted molar refractivity (Wildman–Crippen MR) is 82.5 cm³/mol. The van der Waals surface area contributed by atoms with Crippen LogP contribution < -0.4 is 5.32 Å². The van der Waals surface area contributed by atoms with Crippen LogP contribution in [-0.4, -0.2) is 31.4 Å². The molecular weight excluding hydrogens is 288 g/mol. The summed E-state index contributed by atoms with van der Waals surface area (Å²) in [4.78, 5) is 0. The van der Waals surface area contributed by atoms with Gasteiger partial charge in [0.1, 0.15) is 5.76 Å². The van der Waals surface area contributed by atoms with E-state index in [1.807, 2.05) is 6.92 Å². The number of furan rings is 1. The van der Waals surface area contributed by atoms with E-state index in [0.29, 0.717) is 31.3 Å². The lowest BCUT2D eigenvalue weighted by molar-refractivity contribution is 0.344. The molecule has 1 aromatic rings. The monoisotopic (exact) mass is 314 g/mol. The summed E-state index contributed by atoms with van der Waals surface area (Å²) >= 11 is 0. The summed E-state index contributed by atoms with van der Waals surface area (Å²) in [5, 5.41) is 3.34. The van der Waals surface area contributed by atoms with Crippen molar-refractivity contribution in [3.05, 3.63) is 17.9 Å². The van der Waals surface area contributed by atoms with Gasteiger partial charge in [-0.05, 0) is 51.7 Å². The van der Waals surface area contributed by atoms with E-state index in [9.17, 15) is 8.42 Å². The maximum absolute atomic E-state index is 12.6. The van der Waals surface area contributed by atoms with Gasteiger partial charge in [-0.2, -0.15) is 4.31 Å². The molecule has 1 saturated carbocycles. The molecule has 0 aliphatic heterocycles. The molecule has 6 heteroatoms. The van der Waals surface area contributed by atoms with Crippen LogP contribution in [0.2, 0.25) is 0 Å². The van der Waals surface area contributed by atoms with Gasteiger partial charge in [-0.15, -0.1) is 0 Å². The number of hydrogen-bond acceptors (Lipinski definition) is 4. The molecule has 1 aromatic heterocycles. The van der Waals surface area contributed by atoms with Gasteiger partial charge < -0.3 is 9.73 Å². The fraction of sp³-hybridized carbons (Fsp3) is 0.733. The van der Waals surface area contributed by atoms with Crippen molar-refractivity contribution < 1.29 is 12.8 Å². The predicted octanol–water partition coefficient (Wildman–Crippen LogP) is 2.59. The third-order valence-corrected chi connectivity index (χ3v) is 5.35. The summed E-state index contributed by atoms with van der Waals surface area (Å²) < 4.78 is 32.2. The average molecular weight is 314 g/mol. The Kier molecular flexibility index (Phi) is 4.80. The smallest absolute Gasteiger partial charge is 0.276 e. The zero-order chi connectivity index (χ0) is 15.7. The maximum Gasteiger partial charge on any atom is 0.276 e. The molecule has 0 bridgehead atoms. The molecule has 1 N–H and O–H groups in total. The van der Waals surface area contributed by atoms with Crippen LogP contribution in [0.25, 0.3) is 0 Å². The molecule has 120 valence electrons. The minimum atomic E-state index is -3.50. The highest BCUT2D eigenvalue weighted by molar-refractivity contribution is 7.89. The highest BCUT2D eigenvalue weighted by Crippen LogP contribution is 2.31. The first kappa shape index (κ1) is 16.5. The summed E-state index contributed by atoms with van der Waals surface area (Å²) in [5.41, 5.74) is -0.0345. The van der Waals surface area contributed by atoms with Crippen molar-refractivity contribution in [1.29, 1.82) is 0 Å². The van der Waals surface area contributed by atoms with Gasteiger partial charge in [0, 0.05) is 18.6 Å². The molecule has 0 unspecified atom stereocenters. The van der Waals surface area contributed by atoms with Crippen LogP contribution in [0.15, 0.2) is 21.6 Å². The normalized spacial score (nSPS) is 16.6. The van der Waals surface area contributed by atoms with Gasteiger partial charge in [-0.3, -0.25) is 0 Å². The Morgan fingerprint density at radius 1 is 1.33 bits per heavy atom. The molecular formula is C15H26N2O3S. The fourth-order valence-corrected chi connectivity index (χ4v) is 3.51. The second-order valence-electron chi connectivity index (χ2n) is 6.72. The van der Waals surface area contributed by atoms with Gasteiger partial charge >= 0.3 is 0 Å². The van der Waals surface area contributed by atoms with E-state index >= 15 is 0 Å². The molecule has 0 atom stereocenters. The molecule has 0 aromatic carbocycles. The van der Waals surface area contributed by atoms with Crippen molar-refractivity contribution in [3.63, 3.8) is 0 Å². The van der Waals surface area contributed by atoms with E-state index in [0.717, 1.165) is 12.8 Å². The minimum absolute atomic E-state index is 0.0345. The topological polar surface area (TPSA) is 62.6 Å². The molecule has 1 aliphatic carbocycles. The summed E-state index contributed by atoms with van der Waals surface area (Å²) in [7, 11) is -3.50. The molecule has 0 radical (unpaired) electrons. The lowest BCUT2D eigenvalue weighted by Gasteiger charge is -2.20. The van der Waals surface area contributed by atoms with Crippen LogP contribution >= 0.6 is 0 Å². The molecule has 5 nitrogen and oxygen atoms in total. The Morgan fingerprint density at radius 3 is 2.52 bits per heavy atom. The number of rotatable bonds is 7. The molecule has 21 heavy (non-hydrogen) atoms. The third-order valence-electron chi connectivity index (χ3n) is 3.54. The van der Waals surface area contributed by atoms with Gasteiger partial charge in [0.05, 0.1) is 6.54 Å². The Balaban J connectivity index is 2.07. The van der Waals surface area contributed by atoms with E-state index < -0.39 is 10.0 Å². The quantitative estimate of drug-likeness (QED) is 0.840. The van der Waals surface area contributed by atoms with E-state index in [1.54, 1.807) is 12.1 Å². The highest BCUT2D eigenvalue weighted by atomic mass is 32.2. The van der Waals surface area contributed by atoms with Crippen LogP contribution in [0.3, 0.4) is 0 Å². The van der Waals surface area contributed by atoms with Crippen molar-refractivity contribution >= 4 is 10.0 Å². The van der Waals surface area contributed by atoms with Crippen molar-refractivity contribution in [1.82, 2.24) is 9.62 Å². The molecule has 0 spiro atoms. The first-order valence-electron chi connectivity index (χ1n) is 7.56. The second-order valence-corrected chi connectivity index (χ2v) is 8.59. The average Bonchev–Trinajstić information content (AvgIpc) is 3.06. The van der Waals surface area contributed by atoms with E-state index in [2.05, 4.69) is 26.1 Å². The first-order valence-corrected chi connectivity index (χ1v) is 9.00. The van der Waals surface area contributed by atoms with Gasteiger partial charge in [-0.25, -0.2) is 8.42 Å². The third kappa shape index (κ3) is 4.56. The van der Waals surface area contributed by atoms with Gasteiger partial charge in [0.15, 0.2) is 0 Å². The van der Waals surface area contributed by atoms with E-state index in [4.69, 9.17) is 4.42 Å². The second kappa shape index (κ2) is 6.10. The number of nitrogens with zero attached hydrogens (tertiary/aromatic N) is 1. The van der Waals surface area contributed by atoms with E-state index in [1.165, 1.54) is 4.31 Å². The molecule has 0 amide bonds. The minimum Gasteiger partial charge on any atom is -0.447 e. The van der Waals surface area contributed by atoms with Crippen molar-refractivity contribution in [2.45, 2.75) is 57.7 Å². The Bertz CT molecular complexity index is 568. The summed E-state index contributed by atoms with van der Waals surface area (Å²) in [5.74, 6) is 1.17. The van der Waals surface area contributed by atoms with Crippen LogP contribution in [0, 0.1) is 5.92 Å². The lowest BCUT2D eigenvalue weighted by Crippen LogP contribution is -2.35. The van der Waals surface area contributed by atoms with E-state index in [-0.39, 0.29) is 10.6 Å². The van der Waals surface area contributed by atoms with Crippen LogP contribution in [0.4, 0.5) is 0 Å². The molecule has 1 heterocycles. The van der Waals surface area contributed by atoms with Crippen LogP contribution in [0.5, 0.6) is 0 Å². The Morgan fingerprint density at radius 2 is 2.00 bits per heavy atom. The summed E-state index contributed by atoms with van der Waals surface area (Å²) in [6.45, 7) is 9.65. The largest absolute Gasteiger partial charge is 0.447 e. The lowest BCUT2D eigenvalue weighted by atomic mass is 10.1. The van der Waals surface area contributed by atoms with Gasteiger partial charge in [0.2, 0.25) is 5.09 Å². The Hall–Kier alpha value is -0.850. The highest BCUT2D eigenvalue weighted by Gasteiger charge is 2.32. The zero-order valence-electron chi connectivity index (χ0n) is 13.3. The molecule has 2 rings (SSSR count). The van der Waals surface area contributed by atoms with Crippen molar-refractivity contribution in [2.75, 3.05) is 13.1 Å². The number of nitrogens with one attached hydrogen (secondary N) is 1. The standard InChI is InChI=1S/C15H26N2O3S/c1-5-17(11-12-6-7-12)21(18,19)14-9-8-13(20-14)10-16-15(2,3)4/h8-9,12,16H,5-7,10-11H2,1-4H3. The van der Waals surface area contributed by atoms with Crippen LogP contribution in [-0.2, 0) is 16.6 Å². The SMILES string of the molecule is CCN(CC1CC1)S(=O)(=O)c1ccc(CNC(C)(C)C)o1. The van der Waals surface area contributed by atoms with Gasteiger partial charge in [0.25, 0.3) is 10.0 Å². The van der Waals surface area contributed by atoms with Gasteiger partial charge in [-0.1, -0.05) is 6.92 Å². The fourth-order valence-electron chi connectivity index (χ4n) is 2.06. The number of sulfonamides is 1. The number of hydrogen-bond donors (Lipinski definition) is 1. The van der Waals surface area contributed by atoms with Crippen molar-refractivity contribution in [2.24, 2.45) is 5.92 Å². The Labute approximate surface area is 127 Å². The molecule has 1 aliphatic rings. The first-order chi connectivity index (χ1) is 9.72. The zero-order valence-corrected chi connectivity index (χ0v) is 14.2. The van der Waals surface area contributed by atoms with Crippen LogP contribution in [0.1, 0.15) is 46.3 Å². The molecule has 1 fully saturated rings. The maximum atomic E-state index is 12.6. The van der Waals surface area contributed by atoms with Crippen molar-refractivity contribution in [3.8, 4) is 0 Å². The molecule has 0 saturated heterocycles. The summed E-state index contributed by atoms with van der Waals surface area (Å²) in [6.07, 6.45) is 2.26.